The zero-order valence-electron chi connectivity index (χ0n) is 9.09. The molecule has 0 amide bonds. The van der Waals surface area contributed by atoms with Gasteiger partial charge in [-0.15, -0.1) is 5.10 Å². The average molecular weight is 238 g/mol. The Labute approximate surface area is 96.4 Å². The molecule has 0 saturated carbocycles. The quantitative estimate of drug-likeness (QED) is 0.812. The Morgan fingerprint density at radius 3 is 2.88 bits per heavy atom. The zero-order chi connectivity index (χ0) is 12.4. The summed E-state index contributed by atoms with van der Waals surface area (Å²) in [6.45, 7) is -0.350. The van der Waals surface area contributed by atoms with E-state index in [1.54, 1.807) is 0 Å². The third kappa shape index (κ3) is 1.92. The van der Waals surface area contributed by atoms with E-state index >= 15 is 0 Å². The number of rotatable bonds is 3. The minimum Gasteiger partial charge on any atom is -0.497 e. The summed E-state index contributed by atoms with van der Waals surface area (Å²) in [5, 5.41) is 16.3. The summed E-state index contributed by atoms with van der Waals surface area (Å²) >= 11 is 0. The van der Waals surface area contributed by atoms with Crippen molar-refractivity contribution in [2.45, 2.75) is 6.61 Å². The van der Waals surface area contributed by atoms with Crippen molar-refractivity contribution < 1.29 is 14.2 Å². The molecule has 0 fully saturated rings. The fourth-order valence-electron chi connectivity index (χ4n) is 1.39. The van der Waals surface area contributed by atoms with Crippen LogP contribution in [-0.4, -0.2) is 27.2 Å². The zero-order valence-corrected chi connectivity index (χ0v) is 9.09. The molecule has 2 aromatic rings. The normalized spacial score (nSPS) is 10.5. The molecular formula is C10H11FN4O2. The van der Waals surface area contributed by atoms with Crippen LogP contribution in [0.4, 0.5) is 10.2 Å². The molecule has 0 saturated heterocycles. The maximum absolute atomic E-state index is 13.6. The Hall–Kier alpha value is -2.15. The van der Waals surface area contributed by atoms with Gasteiger partial charge in [0.1, 0.15) is 22.9 Å². The second-order valence-electron chi connectivity index (χ2n) is 3.31. The van der Waals surface area contributed by atoms with Gasteiger partial charge in [0, 0.05) is 6.07 Å². The predicted molar refractivity (Wildman–Crippen MR) is 58.2 cm³/mol. The number of aromatic nitrogens is 3. The van der Waals surface area contributed by atoms with Crippen molar-refractivity contribution in [1.82, 2.24) is 15.0 Å². The molecule has 0 aliphatic carbocycles. The molecule has 0 aliphatic heterocycles. The van der Waals surface area contributed by atoms with Gasteiger partial charge in [0.15, 0.2) is 5.82 Å². The first-order chi connectivity index (χ1) is 8.17. The van der Waals surface area contributed by atoms with E-state index in [1.807, 2.05) is 0 Å². The predicted octanol–water partition coefficient (Wildman–Crippen LogP) is 0.490. The fourth-order valence-corrected chi connectivity index (χ4v) is 1.39. The number of nitrogens with zero attached hydrogens (tertiary/aromatic N) is 3. The highest BCUT2D eigenvalue weighted by Crippen LogP contribution is 2.22. The number of aliphatic hydroxyl groups is 1. The molecule has 7 heteroatoms. The van der Waals surface area contributed by atoms with Crippen molar-refractivity contribution in [2.75, 3.05) is 12.8 Å². The van der Waals surface area contributed by atoms with Gasteiger partial charge in [0.05, 0.1) is 13.7 Å². The van der Waals surface area contributed by atoms with E-state index in [0.717, 1.165) is 4.68 Å². The topological polar surface area (TPSA) is 86.2 Å². The lowest BCUT2D eigenvalue weighted by Gasteiger charge is -2.06. The van der Waals surface area contributed by atoms with E-state index in [2.05, 4.69) is 10.3 Å². The molecule has 0 atom stereocenters. The summed E-state index contributed by atoms with van der Waals surface area (Å²) < 4.78 is 19.7. The van der Waals surface area contributed by atoms with Crippen LogP contribution in [0.1, 0.15) is 5.69 Å². The molecule has 2 rings (SSSR count). The van der Waals surface area contributed by atoms with Gasteiger partial charge in [-0.2, -0.15) is 4.68 Å². The molecule has 0 unspecified atom stereocenters. The smallest absolute Gasteiger partial charge is 0.153 e. The molecule has 6 nitrogen and oxygen atoms in total. The average Bonchev–Trinajstić information content (AvgIpc) is 2.71. The maximum atomic E-state index is 13.6. The summed E-state index contributed by atoms with van der Waals surface area (Å²) in [6.07, 6.45) is 0. The van der Waals surface area contributed by atoms with Gasteiger partial charge in [-0.3, -0.25) is 0 Å². The number of nitrogens with two attached hydrogens (primary N) is 1. The third-order valence-electron chi connectivity index (χ3n) is 2.31. The summed E-state index contributed by atoms with van der Waals surface area (Å²) in [5.74, 6) is 0.0633. The highest BCUT2D eigenvalue weighted by atomic mass is 19.1. The van der Waals surface area contributed by atoms with Gasteiger partial charge in [0.25, 0.3) is 0 Å². The second-order valence-corrected chi connectivity index (χ2v) is 3.31. The number of aliphatic hydroxyl groups excluding tert-OH is 1. The van der Waals surface area contributed by atoms with Gasteiger partial charge >= 0.3 is 0 Å². The van der Waals surface area contributed by atoms with Gasteiger partial charge in [-0.1, -0.05) is 5.21 Å². The van der Waals surface area contributed by atoms with Crippen LogP contribution >= 0.6 is 0 Å². The van der Waals surface area contributed by atoms with Crippen LogP contribution in [0.25, 0.3) is 5.69 Å². The monoisotopic (exact) mass is 238 g/mol. The van der Waals surface area contributed by atoms with Crippen LogP contribution in [0.5, 0.6) is 5.75 Å². The number of hydrogen-bond donors (Lipinski definition) is 2. The van der Waals surface area contributed by atoms with Crippen LogP contribution in [0, 0.1) is 5.82 Å². The van der Waals surface area contributed by atoms with Crippen LogP contribution in [0.3, 0.4) is 0 Å². The second kappa shape index (κ2) is 4.38. The number of benzene rings is 1. The van der Waals surface area contributed by atoms with Crippen molar-refractivity contribution in [2.24, 2.45) is 0 Å². The first-order valence-corrected chi connectivity index (χ1v) is 4.82. The van der Waals surface area contributed by atoms with Crippen molar-refractivity contribution in [1.29, 1.82) is 0 Å². The number of ether oxygens (including phenoxy) is 1. The Balaban J connectivity index is 2.55. The molecular weight excluding hydrogens is 227 g/mol. The standard InChI is InChI=1S/C10H11FN4O2/c1-17-6-2-3-7(11)9(4-6)15-10(12)8(5-16)13-14-15/h2-4,16H,5,12H2,1H3. The van der Waals surface area contributed by atoms with E-state index in [4.69, 9.17) is 15.6 Å². The Bertz CT molecular complexity index is 541. The lowest BCUT2D eigenvalue weighted by Crippen LogP contribution is -2.05. The molecule has 1 heterocycles. The van der Waals surface area contributed by atoms with Gasteiger partial charge in [-0.05, 0) is 12.1 Å². The summed E-state index contributed by atoms with van der Waals surface area (Å²) in [7, 11) is 1.47. The number of anilines is 1. The van der Waals surface area contributed by atoms with Crippen LogP contribution < -0.4 is 10.5 Å². The van der Waals surface area contributed by atoms with E-state index in [1.165, 1.54) is 25.3 Å². The fraction of sp³-hybridized carbons (Fsp3) is 0.200. The molecule has 0 bridgehead atoms. The minimum absolute atomic E-state index is 0.0969. The van der Waals surface area contributed by atoms with Crippen molar-refractivity contribution >= 4 is 5.82 Å². The molecule has 0 radical (unpaired) electrons. The molecule has 90 valence electrons. The largest absolute Gasteiger partial charge is 0.497 e. The molecule has 17 heavy (non-hydrogen) atoms. The highest BCUT2D eigenvalue weighted by Gasteiger charge is 2.14. The van der Waals surface area contributed by atoms with Crippen LogP contribution in [0.2, 0.25) is 0 Å². The van der Waals surface area contributed by atoms with Gasteiger partial charge in [0.2, 0.25) is 0 Å². The number of nitrogen functional groups attached to an aromatic ring is 1. The van der Waals surface area contributed by atoms with Crippen LogP contribution in [0.15, 0.2) is 18.2 Å². The van der Waals surface area contributed by atoms with Crippen molar-refractivity contribution in [3.05, 3.63) is 29.7 Å². The van der Waals surface area contributed by atoms with E-state index in [0.29, 0.717) is 5.75 Å². The van der Waals surface area contributed by atoms with E-state index in [9.17, 15) is 4.39 Å². The van der Waals surface area contributed by atoms with Crippen molar-refractivity contribution in [3.8, 4) is 11.4 Å². The summed E-state index contributed by atoms with van der Waals surface area (Å²) in [6, 6.07) is 4.17. The highest BCUT2D eigenvalue weighted by molar-refractivity contribution is 5.47. The number of methoxy groups -OCH3 is 1. The van der Waals surface area contributed by atoms with E-state index < -0.39 is 5.82 Å². The molecule has 1 aromatic carbocycles. The number of halogens is 1. The lowest BCUT2D eigenvalue weighted by atomic mass is 10.3. The Morgan fingerprint density at radius 1 is 1.53 bits per heavy atom. The Morgan fingerprint density at radius 2 is 2.29 bits per heavy atom. The SMILES string of the molecule is COc1ccc(F)c(-n2nnc(CO)c2N)c1. The summed E-state index contributed by atoms with van der Waals surface area (Å²) in [5.41, 5.74) is 6.00. The van der Waals surface area contributed by atoms with E-state index in [-0.39, 0.29) is 23.8 Å². The summed E-state index contributed by atoms with van der Waals surface area (Å²) in [4.78, 5) is 0. The Kier molecular flexibility index (Phi) is 2.92. The minimum atomic E-state index is -0.508. The molecule has 0 aliphatic rings. The molecule has 1 aromatic heterocycles. The maximum Gasteiger partial charge on any atom is 0.153 e. The van der Waals surface area contributed by atoms with Gasteiger partial charge < -0.3 is 15.6 Å². The molecule has 0 spiro atoms. The first kappa shape index (κ1) is 11.3. The van der Waals surface area contributed by atoms with Crippen LogP contribution in [-0.2, 0) is 6.61 Å². The third-order valence-corrected chi connectivity index (χ3v) is 2.31. The van der Waals surface area contributed by atoms with Gasteiger partial charge in [-0.25, -0.2) is 4.39 Å². The van der Waals surface area contributed by atoms with Crippen molar-refractivity contribution in [3.63, 3.8) is 0 Å². The number of hydrogen-bond acceptors (Lipinski definition) is 5. The molecule has 3 N–H and O–H groups in total. The lowest BCUT2D eigenvalue weighted by molar-refractivity contribution is 0.277. The first-order valence-electron chi connectivity index (χ1n) is 4.82.